The van der Waals surface area contributed by atoms with E-state index in [4.69, 9.17) is 10.5 Å². The van der Waals surface area contributed by atoms with Crippen LogP contribution >= 0.6 is 0 Å². The molecule has 0 saturated carbocycles. The van der Waals surface area contributed by atoms with Gasteiger partial charge in [-0.05, 0) is 24.8 Å². The molecule has 0 aliphatic carbocycles. The lowest BCUT2D eigenvalue weighted by atomic mass is 9.98. The van der Waals surface area contributed by atoms with Gasteiger partial charge in [0.05, 0.1) is 12.6 Å². The van der Waals surface area contributed by atoms with Gasteiger partial charge in [0.1, 0.15) is 5.76 Å². The van der Waals surface area contributed by atoms with Crippen molar-refractivity contribution in [1.29, 1.82) is 0 Å². The lowest BCUT2D eigenvalue weighted by molar-refractivity contribution is 0.118. The van der Waals surface area contributed by atoms with E-state index < -0.39 is 0 Å². The Morgan fingerprint density at radius 3 is 2.24 bits per heavy atom. The van der Waals surface area contributed by atoms with Gasteiger partial charge in [0.25, 0.3) is 0 Å². The molecule has 17 heavy (non-hydrogen) atoms. The minimum absolute atomic E-state index is 0.0474. The Kier molecular flexibility index (Phi) is 11.0. The fourth-order valence-electron chi connectivity index (χ4n) is 0.930. The smallest absolute Gasteiger partial charge is 0.112 e. The van der Waals surface area contributed by atoms with Crippen LogP contribution in [0, 0.1) is 5.41 Å². The predicted octanol–water partition coefficient (Wildman–Crippen LogP) is 4.05. The van der Waals surface area contributed by atoms with Crippen LogP contribution in [0.5, 0.6) is 0 Å². The maximum Gasteiger partial charge on any atom is 0.112 e. The van der Waals surface area contributed by atoms with E-state index >= 15 is 0 Å². The summed E-state index contributed by atoms with van der Waals surface area (Å²) >= 11 is 0. The SMILES string of the molecule is C=C.CC/C=C\C=C(\OCC(C)(C)C)C(C)N. The molecule has 1 unspecified atom stereocenters. The van der Waals surface area contributed by atoms with Gasteiger partial charge in [-0.3, -0.25) is 0 Å². The quantitative estimate of drug-likeness (QED) is 0.446. The van der Waals surface area contributed by atoms with Crippen molar-refractivity contribution in [2.24, 2.45) is 11.1 Å². The van der Waals surface area contributed by atoms with Gasteiger partial charge in [0.15, 0.2) is 0 Å². The molecule has 0 aliphatic heterocycles. The molecule has 0 heterocycles. The molecule has 0 aromatic rings. The van der Waals surface area contributed by atoms with Crippen molar-refractivity contribution in [1.82, 2.24) is 0 Å². The zero-order chi connectivity index (χ0) is 13.9. The monoisotopic (exact) mass is 239 g/mol. The summed E-state index contributed by atoms with van der Waals surface area (Å²) in [4.78, 5) is 0. The number of hydrogen-bond acceptors (Lipinski definition) is 2. The first-order valence-electron chi connectivity index (χ1n) is 6.12. The van der Waals surface area contributed by atoms with Gasteiger partial charge in [-0.1, -0.05) is 39.8 Å². The molecule has 0 aromatic carbocycles. The largest absolute Gasteiger partial charge is 0.496 e. The van der Waals surface area contributed by atoms with Crippen molar-refractivity contribution >= 4 is 0 Å². The maximum atomic E-state index is 5.82. The molecule has 0 aromatic heterocycles. The molecule has 0 spiro atoms. The minimum Gasteiger partial charge on any atom is -0.496 e. The molecule has 0 bridgehead atoms. The summed E-state index contributed by atoms with van der Waals surface area (Å²) in [5, 5.41) is 0. The van der Waals surface area contributed by atoms with Gasteiger partial charge in [0, 0.05) is 0 Å². The summed E-state index contributed by atoms with van der Waals surface area (Å²) in [5.41, 5.74) is 5.99. The number of rotatable bonds is 5. The van der Waals surface area contributed by atoms with Gasteiger partial charge in [-0.2, -0.15) is 0 Å². The zero-order valence-corrected chi connectivity index (χ0v) is 12.1. The second-order valence-electron chi connectivity index (χ2n) is 5.04. The molecule has 0 aliphatic rings. The van der Waals surface area contributed by atoms with Crippen molar-refractivity contribution in [3.63, 3.8) is 0 Å². The second-order valence-corrected chi connectivity index (χ2v) is 5.04. The Hall–Kier alpha value is -1.02. The van der Waals surface area contributed by atoms with Crippen LogP contribution in [0.15, 0.2) is 37.1 Å². The molecule has 2 heteroatoms. The Balaban J connectivity index is 0. The normalized spacial score (nSPS) is 14.1. The first kappa shape index (κ1) is 18.3. The molecule has 100 valence electrons. The van der Waals surface area contributed by atoms with E-state index in [1.165, 1.54) is 0 Å². The van der Waals surface area contributed by atoms with E-state index in [-0.39, 0.29) is 11.5 Å². The van der Waals surface area contributed by atoms with E-state index in [1.807, 2.05) is 19.1 Å². The number of nitrogens with two attached hydrogens (primary N) is 1. The highest BCUT2D eigenvalue weighted by Gasteiger charge is 2.13. The molecule has 0 rings (SSSR count). The van der Waals surface area contributed by atoms with Crippen LogP contribution in [-0.2, 0) is 4.74 Å². The first-order valence-corrected chi connectivity index (χ1v) is 6.12. The molecule has 0 radical (unpaired) electrons. The Bertz CT molecular complexity index is 234. The van der Waals surface area contributed by atoms with Crippen LogP contribution in [0.25, 0.3) is 0 Å². The van der Waals surface area contributed by atoms with Crippen molar-refractivity contribution < 1.29 is 4.74 Å². The zero-order valence-electron chi connectivity index (χ0n) is 12.1. The minimum atomic E-state index is -0.0474. The van der Waals surface area contributed by atoms with E-state index in [9.17, 15) is 0 Å². The van der Waals surface area contributed by atoms with Crippen LogP contribution in [0.2, 0.25) is 0 Å². The third kappa shape index (κ3) is 12.9. The average molecular weight is 239 g/mol. The molecular weight excluding hydrogens is 210 g/mol. The van der Waals surface area contributed by atoms with E-state index in [0.29, 0.717) is 6.61 Å². The van der Waals surface area contributed by atoms with Crippen LogP contribution in [0.1, 0.15) is 41.0 Å². The number of ether oxygens (including phenoxy) is 1. The summed E-state index contributed by atoms with van der Waals surface area (Å²) in [6.07, 6.45) is 7.08. The summed E-state index contributed by atoms with van der Waals surface area (Å²) in [6, 6.07) is -0.0474. The molecular formula is C15H29NO. The maximum absolute atomic E-state index is 5.82. The number of allylic oxidation sites excluding steroid dienone is 3. The van der Waals surface area contributed by atoms with E-state index in [1.54, 1.807) is 0 Å². The van der Waals surface area contributed by atoms with Crippen molar-refractivity contribution in [2.45, 2.75) is 47.1 Å². The van der Waals surface area contributed by atoms with Crippen molar-refractivity contribution in [3.05, 3.63) is 37.1 Å². The van der Waals surface area contributed by atoms with Crippen LogP contribution in [-0.4, -0.2) is 12.6 Å². The molecule has 2 nitrogen and oxygen atoms in total. The lowest BCUT2D eigenvalue weighted by Gasteiger charge is -2.21. The van der Waals surface area contributed by atoms with Crippen molar-refractivity contribution in [3.8, 4) is 0 Å². The standard InChI is InChI=1S/C13H25NO.C2H4/c1-6-7-8-9-12(11(2)14)15-10-13(3,4)5;1-2/h7-9,11H,6,10,14H2,1-5H3;1-2H2/b8-7-,12-9+;. The highest BCUT2D eigenvalue weighted by Crippen LogP contribution is 2.16. The summed E-state index contributed by atoms with van der Waals surface area (Å²) in [6.45, 7) is 17.2. The fraction of sp³-hybridized carbons (Fsp3) is 0.600. The molecule has 2 N–H and O–H groups in total. The van der Waals surface area contributed by atoms with Gasteiger partial charge in [-0.15, -0.1) is 13.2 Å². The molecule has 1 atom stereocenters. The second kappa shape index (κ2) is 10.2. The third-order valence-electron chi connectivity index (χ3n) is 1.75. The van der Waals surface area contributed by atoms with E-state index in [0.717, 1.165) is 12.2 Å². The third-order valence-corrected chi connectivity index (χ3v) is 1.75. The van der Waals surface area contributed by atoms with Crippen LogP contribution < -0.4 is 5.73 Å². The van der Waals surface area contributed by atoms with Gasteiger partial charge in [-0.25, -0.2) is 0 Å². The molecule has 0 fully saturated rings. The Labute approximate surface area is 107 Å². The van der Waals surface area contributed by atoms with E-state index in [2.05, 4.69) is 46.9 Å². The highest BCUT2D eigenvalue weighted by atomic mass is 16.5. The Morgan fingerprint density at radius 1 is 1.35 bits per heavy atom. The van der Waals surface area contributed by atoms with Gasteiger partial charge < -0.3 is 10.5 Å². The molecule has 0 amide bonds. The molecule has 0 saturated heterocycles. The highest BCUT2D eigenvalue weighted by molar-refractivity contribution is 5.11. The van der Waals surface area contributed by atoms with Crippen LogP contribution in [0.3, 0.4) is 0 Å². The summed E-state index contributed by atoms with van der Waals surface area (Å²) in [5.74, 6) is 0.856. The van der Waals surface area contributed by atoms with Gasteiger partial charge >= 0.3 is 0 Å². The summed E-state index contributed by atoms with van der Waals surface area (Å²) < 4.78 is 5.70. The Morgan fingerprint density at radius 2 is 1.88 bits per heavy atom. The van der Waals surface area contributed by atoms with Crippen molar-refractivity contribution in [2.75, 3.05) is 6.61 Å². The van der Waals surface area contributed by atoms with Gasteiger partial charge in [0.2, 0.25) is 0 Å². The summed E-state index contributed by atoms with van der Waals surface area (Å²) in [7, 11) is 0. The lowest BCUT2D eigenvalue weighted by Crippen LogP contribution is -2.23. The first-order chi connectivity index (χ1) is 7.87. The topological polar surface area (TPSA) is 35.2 Å². The predicted molar refractivity (Wildman–Crippen MR) is 77.8 cm³/mol. The van der Waals surface area contributed by atoms with Crippen LogP contribution in [0.4, 0.5) is 0 Å². The number of hydrogen-bond donors (Lipinski definition) is 1. The fourth-order valence-corrected chi connectivity index (χ4v) is 0.930. The average Bonchev–Trinajstić information content (AvgIpc) is 2.24.